The van der Waals surface area contributed by atoms with Crippen LogP contribution in [0.2, 0.25) is 0 Å². The maximum absolute atomic E-state index is 12.1. The molecule has 0 spiro atoms. The lowest BCUT2D eigenvalue weighted by molar-refractivity contribution is -0.126. The third kappa shape index (κ3) is 4.59. The number of nitrogens with one attached hydrogen (secondary N) is 1. The Morgan fingerprint density at radius 3 is 2.24 bits per heavy atom. The zero-order chi connectivity index (χ0) is 12.8. The fourth-order valence-corrected chi connectivity index (χ4v) is 1.89. The summed E-state index contributed by atoms with van der Waals surface area (Å²) in [6.07, 6.45) is 0.817. The Kier molecular flexibility index (Phi) is 5.20. The predicted octanol–water partition coefficient (Wildman–Crippen LogP) is 3.27. The molecule has 0 saturated carbocycles. The number of benzene rings is 1. The zero-order valence-electron chi connectivity index (χ0n) is 11.2. The lowest BCUT2D eigenvalue weighted by Crippen LogP contribution is -2.38. The van der Waals surface area contributed by atoms with Crippen molar-refractivity contribution in [2.45, 2.75) is 40.2 Å². The molecule has 1 amide bonds. The van der Waals surface area contributed by atoms with E-state index in [1.54, 1.807) is 0 Å². The van der Waals surface area contributed by atoms with E-state index in [-0.39, 0.29) is 19.3 Å². The highest BCUT2D eigenvalue weighted by molar-refractivity contribution is 5.79. The van der Waals surface area contributed by atoms with Gasteiger partial charge < -0.3 is 5.32 Å². The van der Waals surface area contributed by atoms with E-state index in [1.807, 2.05) is 32.0 Å². The summed E-state index contributed by atoms with van der Waals surface area (Å²) in [4.78, 5) is 12.1. The minimum absolute atomic E-state index is 0. The van der Waals surface area contributed by atoms with E-state index in [0.29, 0.717) is 5.92 Å². The molecule has 1 atom stereocenters. The van der Waals surface area contributed by atoms with E-state index in [0.717, 1.165) is 6.42 Å². The van der Waals surface area contributed by atoms with Gasteiger partial charge in [0.1, 0.15) is 0 Å². The molecule has 1 unspecified atom stereocenters. The second-order valence-electron chi connectivity index (χ2n) is 5.20. The van der Waals surface area contributed by atoms with Crippen molar-refractivity contribution < 1.29 is 6.22 Å². The van der Waals surface area contributed by atoms with Gasteiger partial charge in [0, 0.05) is 13.4 Å². The van der Waals surface area contributed by atoms with Crippen LogP contribution in [0.5, 0.6) is 0 Å². The summed E-state index contributed by atoms with van der Waals surface area (Å²) in [5.74, 6) is 0.576. The smallest absolute Gasteiger partial charge is 0.223 e. The molecule has 1 rings (SSSR count). The Morgan fingerprint density at radius 1 is 1.18 bits per heavy atom. The molecule has 0 heterocycles. The number of hydrogen-bond donors (Lipinski definition) is 1. The standard InChI is InChI=1S/C15H23NO.H2/c1-11(2)14(15(17)16-12(3)4)10-13-8-6-5-7-9-13;/h5-9,11-12,14H,10H2,1-4H3,(H,16,17);1H. The van der Waals surface area contributed by atoms with Gasteiger partial charge in [-0.3, -0.25) is 4.79 Å². The summed E-state index contributed by atoms with van der Waals surface area (Å²) >= 11 is 0. The number of rotatable bonds is 5. The van der Waals surface area contributed by atoms with Gasteiger partial charge in [-0.2, -0.15) is 0 Å². The first-order valence-corrected chi connectivity index (χ1v) is 6.35. The molecule has 0 bridgehead atoms. The van der Waals surface area contributed by atoms with Gasteiger partial charge in [-0.1, -0.05) is 44.2 Å². The fraction of sp³-hybridized carbons (Fsp3) is 0.533. The molecule has 1 aromatic carbocycles. The van der Waals surface area contributed by atoms with Crippen molar-refractivity contribution in [2.24, 2.45) is 11.8 Å². The monoisotopic (exact) mass is 235 g/mol. The fourth-order valence-electron chi connectivity index (χ4n) is 1.89. The minimum Gasteiger partial charge on any atom is -0.354 e. The van der Waals surface area contributed by atoms with Gasteiger partial charge >= 0.3 is 0 Å². The Labute approximate surface area is 106 Å². The van der Waals surface area contributed by atoms with Crippen LogP contribution in [0.3, 0.4) is 0 Å². The van der Waals surface area contributed by atoms with Crippen LogP contribution in [0.15, 0.2) is 30.3 Å². The van der Waals surface area contributed by atoms with E-state index in [1.165, 1.54) is 5.56 Å². The van der Waals surface area contributed by atoms with E-state index < -0.39 is 0 Å². The van der Waals surface area contributed by atoms with Gasteiger partial charge in [-0.25, -0.2) is 0 Å². The highest BCUT2D eigenvalue weighted by Crippen LogP contribution is 2.17. The Morgan fingerprint density at radius 2 is 1.76 bits per heavy atom. The van der Waals surface area contributed by atoms with Crippen molar-refractivity contribution >= 4 is 5.91 Å². The maximum Gasteiger partial charge on any atom is 0.223 e. The van der Waals surface area contributed by atoms with Crippen molar-refractivity contribution in [3.8, 4) is 0 Å². The molecule has 0 aliphatic rings. The van der Waals surface area contributed by atoms with E-state index in [9.17, 15) is 4.79 Å². The van der Waals surface area contributed by atoms with Crippen LogP contribution in [-0.2, 0) is 11.2 Å². The quantitative estimate of drug-likeness (QED) is 0.834. The molecule has 17 heavy (non-hydrogen) atoms. The molecular weight excluding hydrogens is 210 g/mol. The van der Waals surface area contributed by atoms with Crippen molar-refractivity contribution in [3.63, 3.8) is 0 Å². The lowest BCUT2D eigenvalue weighted by atomic mass is 9.88. The number of hydrogen-bond acceptors (Lipinski definition) is 1. The van der Waals surface area contributed by atoms with Crippen molar-refractivity contribution in [2.75, 3.05) is 0 Å². The second-order valence-corrected chi connectivity index (χ2v) is 5.20. The molecule has 0 aliphatic carbocycles. The molecule has 0 aromatic heterocycles. The molecule has 2 nitrogen and oxygen atoms in total. The summed E-state index contributed by atoms with van der Waals surface area (Å²) in [6.45, 7) is 8.20. The molecular formula is C15H25NO. The molecule has 0 fully saturated rings. The Bertz CT molecular complexity index is 349. The number of carbonyl (C=O) groups is 1. The predicted molar refractivity (Wildman–Crippen MR) is 73.9 cm³/mol. The van der Waals surface area contributed by atoms with E-state index in [4.69, 9.17) is 0 Å². The number of amides is 1. The third-order valence-electron chi connectivity index (χ3n) is 2.87. The second kappa shape index (κ2) is 6.43. The zero-order valence-corrected chi connectivity index (χ0v) is 11.2. The van der Waals surface area contributed by atoms with Gasteiger partial charge in [-0.15, -0.1) is 0 Å². The Balaban J connectivity index is 0.00000289. The first kappa shape index (κ1) is 13.8. The molecule has 1 aromatic rings. The first-order valence-electron chi connectivity index (χ1n) is 6.35. The van der Waals surface area contributed by atoms with Gasteiger partial charge in [0.25, 0.3) is 0 Å². The molecule has 0 saturated heterocycles. The summed E-state index contributed by atoms with van der Waals surface area (Å²) in [6, 6.07) is 10.4. The average Bonchev–Trinajstić information content (AvgIpc) is 2.25. The highest BCUT2D eigenvalue weighted by Gasteiger charge is 2.22. The summed E-state index contributed by atoms with van der Waals surface area (Å²) in [5, 5.41) is 3.01. The van der Waals surface area contributed by atoms with E-state index in [2.05, 4.69) is 31.3 Å². The largest absolute Gasteiger partial charge is 0.354 e. The third-order valence-corrected chi connectivity index (χ3v) is 2.87. The molecule has 0 aliphatic heterocycles. The van der Waals surface area contributed by atoms with Gasteiger partial charge in [0.05, 0.1) is 0 Å². The lowest BCUT2D eigenvalue weighted by Gasteiger charge is -2.21. The summed E-state index contributed by atoms with van der Waals surface area (Å²) in [5.41, 5.74) is 1.23. The van der Waals surface area contributed by atoms with Gasteiger partial charge in [0.15, 0.2) is 0 Å². The minimum atomic E-state index is 0. The van der Waals surface area contributed by atoms with E-state index >= 15 is 0 Å². The molecule has 1 N–H and O–H groups in total. The van der Waals surface area contributed by atoms with Crippen LogP contribution in [0, 0.1) is 11.8 Å². The summed E-state index contributed by atoms with van der Waals surface area (Å²) in [7, 11) is 0. The van der Waals surface area contributed by atoms with Gasteiger partial charge in [-0.05, 0) is 31.7 Å². The van der Waals surface area contributed by atoms with Crippen LogP contribution < -0.4 is 5.32 Å². The summed E-state index contributed by atoms with van der Waals surface area (Å²) < 4.78 is 0. The van der Waals surface area contributed by atoms with Crippen molar-refractivity contribution in [1.29, 1.82) is 0 Å². The molecule has 2 heteroatoms. The van der Waals surface area contributed by atoms with Gasteiger partial charge in [0.2, 0.25) is 5.91 Å². The Hall–Kier alpha value is -1.31. The highest BCUT2D eigenvalue weighted by atomic mass is 16.1. The molecule has 96 valence electrons. The maximum atomic E-state index is 12.1. The van der Waals surface area contributed by atoms with Crippen LogP contribution in [0.1, 0.15) is 34.7 Å². The molecule has 0 radical (unpaired) electrons. The topological polar surface area (TPSA) is 29.1 Å². The van der Waals surface area contributed by atoms with Crippen LogP contribution in [0.25, 0.3) is 0 Å². The SMILES string of the molecule is CC(C)NC(=O)C(Cc1ccccc1)C(C)C.[HH]. The van der Waals surface area contributed by atoms with Crippen LogP contribution in [0.4, 0.5) is 0 Å². The van der Waals surface area contributed by atoms with Crippen LogP contribution in [-0.4, -0.2) is 11.9 Å². The van der Waals surface area contributed by atoms with Crippen molar-refractivity contribution in [1.82, 2.24) is 5.32 Å². The first-order chi connectivity index (χ1) is 8.00. The number of carbonyl (C=O) groups excluding carboxylic acids is 1. The average molecular weight is 235 g/mol. The van der Waals surface area contributed by atoms with Crippen molar-refractivity contribution in [3.05, 3.63) is 35.9 Å². The normalized spacial score (nSPS) is 12.8. The van der Waals surface area contributed by atoms with Crippen LogP contribution >= 0.6 is 0 Å².